The van der Waals surface area contributed by atoms with Crippen molar-refractivity contribution in [3.63, 3.8) is 0 Å². The normalized spacial score (nSPS) is 18.7. The maximum absolute atomic E-state index is 2.48. The fourth-order valence-corrected chi connectivity index (χ4v) is 5.71. The van der Waals surface area contributed by atoms with Gasteiger partial charge in [-0.1, -0.05) is 35.4 Å². The van der Waals surface area contributed by atoms with Crippen LogP contribution in [-0.2, 0) is 12.8 Å². The highest BCUT2D eigenvalue weighted by atomic mass is 14.3. The Morgan fingerprint density at radius 3 is 1.21 bits per heavy atom. The van der Waals surface area contributed by atoms with Crippen molar-refractivity contribution in [2.24, 2.45) is 0 Å². The first-order chi connectivity index (χ1) is 13.5. The first kappa shape index (κ1) is 18.0. The summed E-state index contributed by atoms with van der Waals surface area (Å²) in [5, 5.41) is 0. The zero-order valence-electron chi connectivity index (χ0n) is 18.0. The molecule has 2 aromatic rings. The summed E-state index contributed by atoms with van der Waals surface area (Å²) in [6.07, 6.45) is 10.0. The monoisotopic (exact) mass is 368 g/mol. The van der Waals surface area contributed by atoms with Crippen molar-refractivity contribution in [3.8, 4) is 0 Å². The SMILES string of the molecule is Cc1cc2c(cc1C)C1=C(CCC3=C(CC1)CCc1cc(C)c(C)cc13)CC2. The number of hydrogen-bond donors (Lipinski definition) is 0. The Labute approximate surface area is 170 Å². The zero-order chi connectivity index (χ0) is 19.4. The summed E-state index contributed by atoms with van der Waals surface area (Å²) in [5.41, 5.74) is 19.0. The van der Waals surface area contributed by atoms with Crippen LogP contribution in [0.4, 0.5) is 0 Å². The molecule has 0 amide bonds. The number of allylic oxidation sites excluding steroid dienone is 4. The van der Waals surface area contributed by atoms with Gasteiger partial charge in [0.25, 0.3) is 0 Å². The summed E-state index contributed by atoms with van der Waals surface area (Å²) in [7, 11) is 0. The van der Waals surface area contributed by atoms with E-state index in [1.54, 1.807) is 44.5 Å². The third-order valence-corrected chi connectivity index (χ3v) is 7.69. The summed E-state index contributed by atoms with van der Waals surface area (Å²) in [5.74, 6) is 0. The van der Waals surface area contributed by atoms with Crippen LogP contribution in [0.3, 0.4) is 0 Å². The molecular formula is C28H32. The van der Waals surface area contributed by atoms with Gasteiger partial charge in [0, 0.05) is 0 Å². The van der Waals surface area contributed by atoms with Gasteiger partial charge in [-0.25, -0.2) is 0 Å². The minimum absolute atomic E-state index is 1.23. The van der Waals surface area contributed by atoms with Gasteiger partial charge in [0.1, 0.15) is 0 Å². The van der Waals surface area contributed by atoms with Crippen LogP contribution >= 0.6 is 0 Å². The molecule has 0 spiro atoms. The van der Waals surface area contributed by atoms with E-state index in [0.717, 1.165) is 0 Å². The lowest BCUT2D eigenvalue weighted by Crippen LogP contribution is -2.12. The molecule has 144 valence electrons. The smallest absolute Gasteiger partial charge is 0.0190 e. The second-order valence-electron chi connectivity index (χ2n) is 9.35. The van der Waals surface area contributed by atoms with E-state index in [1.807, 2.05) is 0 Å². The Kier molecular flexibility index (Phi) is 4.34. The van der Waals surface area contributed by atoms with Crippen LogP contribution in [0.2, 0.25) is 0 Å². The summed E-state index contributed by atoms with van der Waals surface area (Å²) in [6, 6.07) is 9.89. The van der Waals surface area contributed by atoms with E-state index in [9.17, 15) is 0 Å². The van der Waals surface area contributed by atoms with Gasteiger partial charge < -0.3 is 0 Å². The van der Waals surface area contributed by atoms with Gasteiger partial charge in [0.2, 0.25) is 0 Å². The molecular weight excluding hydrogens is 336 g/mol. The molecule has 0 unspecified atom stereocenters. The molecule has 28 heavy (non-hydrogen) atoms. The molecule has 0 saturated heterocycles. The predicted octanol–water partition coefficient (Wildman–Crippen LogP) is 7.59. The lowest BCUT2D eigenvalue weighted by molar-refractivity contribution is 0.768. The van der Waals surface area contributed by atoms with Crippen molar-refractivity contribution in [2.45, 2.75) is 79.1 Å². The van der Waals surface area contributed by atoms with E-state index in [2.05, 4.69) is 52.0 Å². The maximum atomic E-state index is 2.48. The lowest BCUT2D eigenvalue weighted by Gasteiger charge is -2.31. The van der Waals surface area contributed by atoms with E-state index in [1.165, 1.54) is 73.6 Å². The summed E-state index contributed by atoms with van der Waals surface area (Å²) >= 11 is 0. The highest BCUT2D eigenvalue weighted by Gasteiger charge is 2.26. The van der Waals surface area contributed by atoms with Crippen molar-refractivity contribution in [3.05, 3.63) is 79.9 Å². The molecule has 0 aliphatic heterocycles. The first-order valence-corrected chi connectivity index (χ1v) is 11.1. The van der Waals surface area contributed by atoms with Crippen LogP contribution in [0.25, 0.3) is 11.1 Å². The standard InChI is InChI=1S/C28H32/c1-17-13-23-7-5-21-10-12-26-22(9-11-25(21)27(23)15-19(17)3)6-8-24-14-18(2)20(4)16-28(24)26/h13-16H,5-12H2,1-4H3. The van der Waals surface area contributed by atoms with Crippen molar-refractivity contribution in [1.29, 1.82) is 0 Å². The van der Waals surface area contributed by atoms with E-state index >= 15 is 0 Å². The molecule has 5 rings (SSSR count). The molecule has 3 aliphatic carbocycles. The maximum Gasteiger partial charge on any atom is -0.0190 e. The third-order valence-electron chi connectivity index (χ3n) is 7.69. The molecule has 0 bridgehead atoms. The highest BCUT2D eigenvalue weighted by molar-refractivity contribution is 5.79. The van der Waals surface area contributed by atoms with E-state index in [-0.39, 0.29) is 0 Å². The van der Waals surface area contributed by atoms with Crippen LogP contribution in [0.15, 0.2) is 35.4 Å². The van der Waals surface area contributed by atoms with Crippen LogP contribution in [0.5, 0.6) is 0 Å². The van der Waals surface area contributed by atoms with Crippen LogP contribution in [0.1, 0.15) is 83.0 Å². The molecule has 3 aliphatic rings. The summed E-state index contributed by atoms with van der Waals surface area (Å²) in [6.45, 7) is 9.07. The molecule has 0 fully saturated rings. The Bertz CT molecular complexity index is 957. The number of hydrogen-bond acceptors (Lipinski definition) is 0. The summed E-state index contributed by atoms with van der Waals surface area (Å²) < 4.78 is 0. The Hall–Kier alpha value is -2.08. The molecule has 0 nitrogen and oxygen atoms in total. The van der Waals surface area contributed by atoms with Crippen molar-refractivity contribution >= 4 is 11.1 Å². The minimum Gasteiger partial charge on any atom is -0.0657 e. The molecule has 0 heteroatoms. The van der Waals surface area contributed by atoms with Crippen LogP contribution < -0.4 is 0 Å². The minimum atomic E-state index is 1.23. The fourth-order valence-electron chi connectivity index (χ4n) is 5.71. The zero-order valence-corrected chi connectivity index (χ0v) is 18.0. The van der Waals surface area contributed by atoms with Crippen LogP contribution in [0, 0.1) is 27.7 Å². The van der Waals surface area contributed by atoms with Gasteiger partial charge in [-0.05, 0) is 135 Å². The quantitative estimate of drug-likeness (QED) is 0.449. The fraction of sp³-hybridized carbons (Fsp3) is 0.429. The third kappa shape index (κ3) is 2.89. The molecule has 0 heterocycles. The lowest BCUT2D eigenvalue weighted by atomic mass is 9.74. The highest BCUT2D eigenvalue weighted by Crippen LogP contribution is 2.45. The molecule has 0 saturated carbocycles. The average Bonchev–Trinajstić information content (AvgIpc) is 2.65. The largest absolute Gasteiger partial charge is 0.0657 e. The Morgan fingerprint density at radius 1 is 0.429 bits per heavy atom. The molecule has 2 aromatic carbocycles. The van der Waals surface area contributed by atoms with Gasteiger partial charge >= 0.3 is 0 Å². The van der Waals surface area contributed by atoms with Gasteiger partial charge in [-0.3, -0.25) is 0 Å². The van der Waals surface area contributed by atoms with Crippen LogP contribution in [-0.4, -0.2) is 0 Å². The van der Waals surface area contributed by atoms with Crippen molar-refractivity contribution < 1.29 is 0 Å². The second-order valence-corrected chi connectivity index (χ2v) is 9.35. The number of rotatable bonds is 0. The molecule has 0 N–H and O–H groups in total. The first-order valence-electron chi connectivity index (χ1n) is 11.1. The topological polar surface area (TPSA) is 0 Å². The number of aryl methyl sites for hydroxylation is 6. The van der Waals surface area contributed by atoms with E-state index in [0.29, 0.717) is 0 Å². The van der Waals surface area contributed by atoms with E-state index in [4.69, 9.17) is 0 Å². The number of benzene rings is 2. The van der Waals surface area contributed by atoms with Gasteiger partial charge in [-0.2, -0.15) is 0 Å². The van der Waals surface area contributed by atoms with Gasteiger partial charge in [0.15, 0.2) is 0 Å². The summed E-state index contributed by atoms with van der Waals surface area (Å²) in [4.78, 5) is 0. The Morgan fingerprint density at radius 2 is 0.786 bits per heavy atom. The van der Waals surface area contributed by atoms with Gasteiger partial charge in [-0.15, -0.1) is 0 Å². The number of fused-ring (bicyclic) bond motifs is 4. The predicted molar refractivity (Wildman–Crippen MR) is 121 cm³/mol. The van der Waals surface area contributed by atoms with Crippen molar-refractivity contribution in [1.82, 2.24) is 0 Å². The Balaban J connectivity index is 1.53. The molecule has 0 aromatic heterocycles. The second kappa shape index (κ2) is 6.76. The average molecular weight is 369 g/mol. The van der Waals surface area contributed by atoms with Crippen molar-refractivity contribution in [2.75, 3.05) is 0 Å². The molecule has 0 radical (unpaired) electrons. The van der Waals surface area contributed by atoms with E-state index < -0.39 is 0 Å². The van der Waals surface area contributed by atoms with Gasteiger partial charge in [0.05, 0.1) is 0 Å². The molecule has 0 atom stereocenters.